The normalized spacial score (nSPS) is 14.9. The van der Waals surface area contributed by atoms with Gasteiger partial charge in [0.15, 0.2) is 0 Å². The van der Waals surface area contributed by atoms with Gasteiger partial charge >= 0.3 is 6.03 Å². The van der Waals surface area contributed by atoms with E-state index in [0.717, 1.165) is 5.69 Å². The van der Waals surface area contributed by atoms with Crippen LogP contribution in [0.25, 0.3) is 0 Å². The predicted octanol–water partition coefficient (Wildman–Crippen LogP) is 0.785. The minimum Gasteiger partial charge on any atom is -0.336 e. The lowest BCUT2D eigenvalue weighted by Gasteiger charge is -2.14. The molecule has 0 spiro atoms. The van der Waals surface area contributed by atoms with Gasteiger partial charge in [0, 0.05) is 24.5 Å². The molecule has 0 bridgehead atoms. The van der Waals surface area contributed by atoms with E-state index in [2.05, 4.69) is 10.6 Å². The first-order valence-corrected chi connectivity index (χ1v) is 4.67. The van der Waals surface area contributed by atoms with Gasteiger partial charge in [0.2, 0.25) is 6.41 Å². The third-order valence-corrected chi connectivity index (χ3v) is 2.26. The lowest BCUT2D eigenvalue weighted by molar-refractivity contribution is -0.105. The highest BCUT2D eigenvalue weighted by molar-refractivity contribution is 5.94. The SMILES string of the molecule is O=CNc1ccc(N2CCNC2=O)cc1. The number of benzene rings is 1. The Bertz CT molecular complexity index is 375. The van der Waals surface area contributed by atoms with Crippen LogP contribution in [0.1, 0.15) is 0 Å². The number of anilines is 2. The topological polar surface area (TPSA) is 61.4 Å². The first-order valence-electron chi connectivity index (χ1n) is 4.67. The molecule has 2 N–H and O–H groups in total. The van der Waals surface area contributed by atoms with Crippen molar-refractivity contribution in [3.8, 4) is 0 Å². The molecule has 0 aromatic heterocycles. The van der Waals surface area contributed by atoms with Crippen molar-refractivity contribution < 1.29 is 9.59 Å². The number of amides is 3. The minimum atomic E-state index is -0.0777. The summed E-state index contributed by atoms with van der Waals surface area (Å²) >= 11 is 0. The van der Waals surface area contributed by atoms with Gasteiger partial charge in [-0.15, -0.1) is 0 Å². The van der Waals surface area contributed by atoms with Crippen LogP contribution < -0.4 is 15.5 Å². The van der Waals surface area contributed by atoms with E-state index in [0.29, 0.717) is 25.2 Å². The summed E-state index contributed by atoms with van der Waals surface area (Å²) in [5.41, 5.74) is 1.55. The Hall–Kier alpha value is -2.04. The molecule has 1 aromatic carbocycles. The van der Waals surface area contributed by atoms with Crippen LogP contribution in [-0.4, -0.2) is 25.5 Å². The molecule has 5 heteroatoms. The zero-order chi connectivity index (χ0) is 10.7. The smallest absolute Gasteiger partial charge is 0.321 e. The van der Waals surface area contributed by atoms with Gasteiger partial charge in [0.05, 0.1) is 0 Å². The molecule has 15 heavy (non-hydrogen) atoms. The Kier molecular flexibility index (Phi) is 2.53. The lowest BCUT2D eigenvalue weighted by atomic mass is 10.2. The quantitative estimate of drug-likeness (QED) is 0.716. The summed E-state index contributed by atoms with van der Waals surface area (Å²) < 4.78 is 0. The second kappa shape index (κ2) is 4.00. The molecular weight excluding hydrogens is 194 g/mol. The van der Waals surface area contributed by atoms with Gasteiger partial charge in [-0.1, -0.05) is 0 Å². The summed E-state index contributed by atoms with van der Waals surface area (Å²) in [6.07, 6.45) is 0.623. The maximum absolute atomic E-state index is 11.3. The highest BCUT2D eigenvalue weighted by Gasteiger charge is 2.20. The van der Waals surface area contributed by atoms with Crippen LogP contribution in [-0.2, 0) is 4.79 Å². The Morgan fingerprint density at radius 2 is 2.07 bits per heavy atom. The van der Waals surface area contributed by atoms with E-state index >= 15 is 0 Å². The second-order valence-corrected chi connectivity index (χ2v) is 3.19. The van der Waals surface area contributed by atoms with Gasteiger partial charge in [-0.3, -0.25) is 9.69 Å². The van der Waals surface area contributed by atoms with Crippen LogP contribution in [0, 0.1) is 0 Å². The Morgan fingerprint density at radius 1 is 1.33 bits per heavy atom. The molecule has 0 atom stereocenters. The molecule has 1 heterocycles. The third kappa shape index (κ3) is 1.90. The second-order valence-electron chi connectivity index (χ2n) is 3.19. The van der Waals surface area contributed by atoms with Crippen molar-refractivity contribution >= 4 is 23.8 Å². The molecule has 0 radical (unpaired) electrons. The summed E-state index contributed by atoms with van der Waals surface area (Å²) in [7, 11) is 0. The Morgan fingerprint density at radius 3 is 2.60 bits per heavy atom. The molecular formula is C10H11N3O2. The van der Waals surface area contributed by atoms with E-state index in [1.165, 1.54) is 0 Å². The van der Waals surface area contributed by atoms with Crippen LogP contribution >= 0.6 is 0 Å². The number of hydrogen-bond donors (Lipinski definition) is 2. The van der Waals surface area contributed by atoms with Gasteiger partial charge < -0.3 is 10.6 Å². The van der Waals surface area contributed by atoms with Crippen molar-refractivity contribution in [3.63, 3.8) is 0 Å². The summed E-state index contributed by atoms with van der Waals surface area (Å²) in [5, 5.41) is 5.26. The molecule has 0 unspecified atom stereocenters. The Labute approximate surface area is 87.1 Å². The first-order chi connectivity index (χ1) is 7.31. The van der Waals surface area contributed by atoms with Crippen LogP contribution in [0.2, 0.25) is 0 Å². The standard InChI is InChI=1S/C10H11N3O2/c14-7-12-8-1-3-9(4-2-8)13-6-5-11-10(13)15/h1-4,7H,5-6H2,(H,11,15)(H,12,14). The lowest BCUT2D eigenvalue weighted by Crippen LogP contribution is -2.27. The molecule has 0 saturated carbocycles. The van der Waals surface area contributed by atoms with Crippen LogP contribution in [0.15, 0.2) is 24.3 Å². The van der Waals surface area contributed by atoms with E-state index in [1.807, 2.05) is 0 Å². The highest BCUT2D eigenvalue weighted by Crippen LogP contribution is 2.18. The van der Waals surface area contributed by atoms with E-state index < -0.39 is 0 Å². The van der Waals surface area contributed by atoms with E-state index in [4.69, 9.17) is 0 Å². The van der Waals surface area contributed by atoms with Gasteiger partial charge in [0.1, 0.15) is 0 Å². The van der Waals surface area contributed by atoms with Crippen molar-refractivity contribution in [1.29, 1.82) is 0 Å². The summed E-state index contributed by atoms with van der Waals surface area (Å²) in [5.74, 6) is 0. The van der Waals surface area contributed by atoms with Crippen LogP contribution in [0.4, 0.5) is 16.2 Å². The molecule has 3 amide bonds. The number of nitrogens with zero attached hydrogens (tertiary/aromatic N) is 1. The van der Waals surface area contributed by atoms with E-state index in [9.17, 15) is 9.59 Å². The molecule has 2 rings (SSSR count). The monoisotopic (exact) mass is 205 g/mol. The molecule has 1 aliphatic rings. The number of rotatable bonds is 3. The number of urea groups is 1. The van der Waals surface area contributed by atoms with E-state index in [-0.39, 0.29) is 6.03 Å². The molecule has 1 aromatic rings. The zero-order valence-electron chi connectivity index (χ0n) is 8.06. The van der Waals surface area contributed by atoms with Crippen LogP contribution in [0.3, 0.4) is 0 Å². The van der Waals surface area contributed by atoms with Gasteiger partial charge in [0.25, 0.3) is 0 Å². The molecule has 1 fully saturated rings. The van der Waals surface area contributed by atoms with E-state index in [1.54, 1.807) is 29.2 Å². The number of carbonyl (C=O) groups excluding carboxylic acids is 2. The van der Waals surface area contributed by atoms with Gasteiger partial charge in [-0.25, -0.2) is 4.79 Å². The van der Waals surface area contributed by atoms with Gasteiger partial charge in [-0.05, 0) is 24.3 Å². The largest absolute Gasteiger partial charge is 0.336 e. The van der Waals surface area contributed by atoms with Crippen molar-refractivity contribution in [2.45, 2.75) is 0 Å². The summed E-state index contributed by atoms with van der Waals surface area (Å²) in [6, 6.07) is 7.05. The predicted molar refractivity (Wildman–Crippen MR) is 56.9 cm³/mol. The maximum Gasteiger partial charge on any atom is 0.321 e. The zero-order valence-corrected chi connectivity index (χ0v) is 8.06. The summed E-state index contributed by atoms with van der Waals surface area (Å²) in [4.78, 5) is 23.2. The average molecular weight is 205 g/mol. The minimum absolute atomic E-state index is 0.0777. The first kappa shape index (κ1) is 9.51. The molecule has 1 saturated heterocycles. The molecule has 5 nitrogen and oxygen atoms in total. The Balaban J connectivity index is 2.15. The number of nitrogens with one attached hydrogen (secondary N) is 2. The van der Waals surface area contributed by atoms with Crippen LogP contribution in [0.5, 0.6) is 0 Å². The fourth-order valence-corrected chi connectivity index (χ4v) is 1.52. The third-order valence-electron chi connectivity index (χ3n) is 2.26. The number of hydrogen-bond acceptors (Lipinski definition) is 2. The highest BCUT2D eigenvalue weighted by atomic mass is 16.2. The van der Waals surface area contributed by atoms with Crippen molar-refractivity contribution in [2.75, 3.05) is 23.3 Å². The summed E-state index contributed by atoms with van der Waals surface area (Å²) in [6.45, 7) is 1.35. The average Bonchev–Trinajstić information content (AvgIpc) is 2.66. The fraction of sp³-hybridized carbons (Fsp3) is 0.200. The molecule has 0 aliphatic carbocycles. The fourth-order valence-electron chi connectivity index (χ4n) is 1.52. The molecule has 1 aliphatic heterocycles. The van der Waals surface area contributed by atoms with Crippen molar-refractivity contribution in [3.05, 3.63) is 24.3 Å². The van der Waals surface area contributed by atoms with Gasteiger partial charge in [-0.2, -0.15) is 0 Å². The van der Waals surface area contributed by atoms with Crippen molar-refractivity contribution in [1.82, 2.24) is 5.32 Å². The molecule has 78 valence electrons. The maximum atomic E-state index is 11.3. The van der Waals surface area contributed by atoms with Crippen molar-refractivity contribution in [2.24, 2.45) is 0 Å². The number of carbonyl (C=O) groups is 2.